The topological polar surface area (TPSA) is 80.6 Å². The molecule has 2 atom stereocenters. The zero-order valence-electron chi connectivity index (χ0n) is 11.5. The first-order chi connectivity index (χ1) is 10.0. The molecule has 0 amide bonds. The first kappa shape index (κ1) is 15.6. The second-order valence-electron chi connectivity index (χ2n) is 4.49. The minimum Gasteiger partial charge on any atom is -0.611 e. The number of aliphatic hydroxyl groups is 1. The number of aliphatic hydroxyl groups excluding tert-OH is 1. The van der Waals surface area contributed by atoms with Crippen molar-refractivity contribution in [3.8, 4) is 11.1 Å². The van der Waals surface area contributed by atoms with E-state index in [1.54, 1.807) is 19.1 Å². The largest absolute Gasteiger partial charge is 0.611 e. The molecule has 0 spiro atoms. The highest BCUT2D eigenvalue weighted by Gasteiger charge is 2.25. The molecular weight excluding hydrogens is 288 g/mol. The second-order valence-corrected chi connectivity index (χ2v) is 6.20. The Labute approximate surface area is 126 Å². The van der Waals surface area contributed by atoms with Crippen molar-refractivity contribution in [3.63, 3.8) is 0 Å². The Kier molecular flexibility index (Phi) is 5.01. The fraction of sp³-hybridized carbons (Fsp3) is 0.188. The van der Waals surface area contributed by atoms with Gasteiger partial charge in [0.15, 0.2) is 11.0 Å². The molecule has 0 saturated heterocycles. The Bertz CT molecular complexity index is 627. The van der Waals surface area contributed by atoms with Crippen LogP contribution >= 0.6 is 0 Å². The second kappa shape index (κ2) is 6.76. The van der Waals surface area contributed by atoms with Gasteiger partial charge in [0.05, 0.1) is 0 Å². The molecule has 0 bridgehead atoms. The van der Waals surface area contributed by atoms with Crippen LogP contribution in [0.5, 0.6) is 0 Å². The molecule has 5 heteroatoms. The SMILES string of the molecule is CC[S+]([O-])c1cc(-c2ccccc2)ccc1C(O)C(=O)O. The van der Waals surface area contributed by atoms with Gasteiger partial charge in [-0.05, 0) is 29.2 Å². The fourth-order valence-corrected chi connectivity index (χ4v) is 3.07. The number of carbonyl (C=O) groups is 1. The number of benzene rings is 2. The molecule has 0 saturated carbocycles. The minimum atomic E-state index is -1.67. The van der Waals surface area contributed by atoms with Crippen molar-refractivity contribution >= 4 is 17.1 Å². The van der Waals surface area contributed by atoms with Crippen molar-refractivity contribution < 1.29 is 19.6 Å². The third kappa shape index (κ3) is 3.44. The summed E-state index contributed by atoms with van der Waals surface area (Å²) in [7, 11) is 0. The van der Waals surface area contributed by atoms with Gasteiger partial charge in [0.1, 0.15) is 5.75 Å². The lowest BCUT2D eigenvalue weighted by Crippen LogP contribution is -2.16. The third-order valence-electron chi connectivity index (χ3n) is 3.16. The van der Waals surface area contributed by atoms with Crippen LogP contribution in [0.25, 0.3) is 11.1 Å². The molecule has 4 nitrogen and oxygen atoms in total. The van der Waals surface area contributed by atoms with Crippen LogP contribution in [-0.2, 0) is 16.0 Å². The molecule has 2 rings (SSSR count). The van der Waals surface area contributed by atoms with Gasteiger partial charge in [0.25, 0.3) is 0 Å². The predicted molar refractivity (Wildman–Crippen MR) is 81.4 cm³/mol. The lowest BCUT2D eigenvalue weighted by atomic mass is 10.0. The first-order valence-electron chi connectivity index (χ1n) is 6.53. The van der Waals surface area contributed by atoms with Gasteiger partial charge in [-0.1, -0.05) is 42.5 Å². The van der Waals surface area contributed by atoms with Crippen molar-refractivity contribution in [1.29, 1.82) is 0 Å². The highest BCUT2D eigenvalue weighted by Crippen LogP contribution is 2.29. The number of hydrogen-bond acceptors (Lipinski definition) is 3. The fourth-order valence-electron chi connectivity index (χ4n) is 2.06. The van der Waals surface area contributed by atoms with Gasteiger partial charge in [0, 0.05) is 11.6 Å². The van der Waals surface area contributed by atoms with Crippen molar-refractivity contribution in [2.45, 2.75) is 17.9 Å². The van der Waals surface area contributed by atoms with E-state index in [0.29, 0.717) is 10.6 Å². The van der Waals surface area contributed by atoms with Crippen LogP contribution in [0.2, 0.25) is 0 Å². The Hall–Kier alpha value is -1.82. The van der Waals surface area contributed by atoms with E-state index in [4.69, 9.17) is 5.11 Å². The Morgan fingerprint density at radius 3 is 2.43 bits per heavy atom. The quantitative estimate of drug-likeness (QED) is 0.832. The van der Waals surface area contributed by atoms with Crippen LogP contribution in [0.15, 0.2) is 53.4 Å². The maximum atomic E-state index is 12.2. The molecular formula is C16H16O4S. The van der Waals surface area contributed by atoms with E-state index in [9.17, 15) is 14.5 Å². The number of rotatable bonds is 5. The number of carboxylic acid groups (broad SMARTS) is 1. The number of aliphatic carboxylic acids is 1. The van der Waals surface area contributed by atoms with Gasteiger partial charge in [-0.15, -0.1) is 0 Å². The molecule has 2 unspecified atom stereocenters. The summed E-state index contributed by atoms with van der Waals surface area (Å²) in [5.41, 5.74) is 1.97. The molecule has 21 heavy (non-hydrogen) atoms. The zero-order chi connectivity index (χ0) is 15.4. The normalized spacial score (nSPS) is 13.7. The standard InChI is InChI=1S/C16H16O4S/c1-2-21(20)14-10-12(11-6-4-3-5-7-11)8-9-13(14)15(17)16(18)19/h3-10,15,17H,2H2,1H3,(H,18,19). The Morgan fingerprint density at radius 1 is 1.19 bits per heavy atom. The van der Waals surface area contributed by atoms with Gasteiger partial charge >= 0.3 is 5.97 Å². The molecule has 2 aromatic rings. The van der Waals surface area contributed by atoms with Gasteiger partial charge in [-0.2, -0.15) is 0 Å². The summed E-state index contributed by atoms with van der Waals surface area (Å²) in [5.74, 6) is -0.991. The lowest BCUT2D eigenvalue weighted by Gasteiger charge is -2.16. The van der Waals surface area contributed by atoms with E-state index in [1.165, 1.54) is 6.07 Å². The molecule has 0 radical (unpaired) electrons. The molecule has 110 valence electrons. The van der Waals surface area contributed by atoms with Crippen LogP contribution in [0.4, 0.5) is 0 Å². The van der Waals surface area contributed by atoms with Crippen molar-refractivity contribution in [1.82, 2.24) is 0 Å². The summed E-state index contributed by atoms with van der Waals surface area (Å²) in [6.45, 7) is 1.75. The predicted octanol–water partition coefficient (Wildman–Crippen LogP) is 2.60. The van der Waals surface area contributed by atoms with E-state index in [1.807, 2.05) is 30.3 Å². The van der Waals surface area contributed by atoms with E-state index >= 15 is 0 Å². The summed E-state index contributed by atoms with van der Waals surface area (Å²) >= 11 is -1.35. The van der Waals surface area contributed by atoms with Gasteiger partial charge in [-0.25, -0.2) is 4.79 Å². The number of carboxylic acids is 1. The molecule has 2 aromatic carbocycles. The highest BCUT2D eigenvalue weighted by atomic mass is 32.2. The molecule has 0 aromatic heterocycles. The highest BCUT2D eigenvalue weighted by molar-refractivity contribution is 7.91. The summed E-state index contributed by atoms with van der Waals surface area (Å²) in [5, 5.41) is 18.7. The Morgan fingerprint density at radius 2 is 1.86 bits per heavy atom. The third-order valence-corrected chi connectivity index (χ3v) is 4.53. The van der Waals surface area contributed by atoms with Gasteiger partial charge < -0.3 is 14.8 Å². The smallest absolute Gasteiger partial charge is 0.337 e. The summed E-state index contributed by atoms with van der Waals surface area (Å²) in [6, 6.07) is 14.5. The molecule has 0 aliphatic rings. The van der Waals surface area contributed by atoms with E-state index in [-0.39, 0.29) is 5.56 Å². The van der Waals surface area contributed by atoms with E-state index < -0.39 is 23.2 Å². The zero-order valence-corrected chi connectivity index (χ0v) is 12.3. The molecule has 0 fully saturated rings. The van der Waals surface area contributed by atoms with Crippen LogP contribution in [0.3, 0.4) is 0 Å². The number of hydrogen-bond donors (Lipinski definition) is 2. The molecule has 0 aliphatic carbocycles. The van der Waals surface area contributed by atoms with Gasteiger partial charge in [0.2, 0.25) is 0 Å². The van der Waals surface area contributed by atoms with E-state index in [2.05, 4.69) is 0 Å². The van der Waals surface area contributed by atoms with E-state index in [0.717, 1.165) is 11.1 Å². The summed E-state index contributed by atoms with van der Waals surface area (Å²) in [4.78, 5) is 11.3. The molecule has 0 aliphatic heterocycles. The molecule has 0 heterocycles. The van der Waals surface area contributed by atoms with Crippen LogP contribution in [0.1, 0.15) is 18.6 Å². The van der Waals surface area contributed by atoms with Crippen LogP contribution in [0, 0.1) is 0 Å². The minimum absolute atomic E-state index is 0.183. The Balaban J connectivity index is 2.52. The van der Waals surface area contributed by atoms with Crippen molar-refractivity contribution in [3.05, 3.63) is 54.1 Å². The monoisotopic (exact) mass is 304 g/mol. The average Bonchev–Trinajstić information content (AvgIpc) is 2.53. The maximum absolute atomic E-state index is 12.2. The average molecular weight is 304 g/mol. The van der Waals surface area contributed by atoms with Gasteiger partial charge in [-0.3, -0.25) is 0 Å². The summed E-state index contributed by atoms with van der Waals surface area (Å²) < 4.78 is 12.2. The summed E-state index contributed by atoms with van der Waals surface area (Å²) in [6.07, 6.45) is -1.67. The van der Waals surface area contributed by atoms with Crippen molar-refractivity contribution in [2.24, 2.45) is 0 Å². The van der Waals surface area contributed by atoms with Crippen LogP contribution < -0.4 is 0 Å². The maximum Gasteiger partial charge on any atom is 0.337 e. The van der Waals surface area contributed by atoms with Crippen molar-refractivity contribution in [2.75, 3.05) is 5.75 Å². The first-order valence-corrected chi connectivity index (χ1v) is 7.85. The molecule has 2 N–H and O–H groups in total. The lowest BCUT2D eigenvalue weighted by molar-refractivity contribution is -0.147. The van der Waals surface area contributed by atoms with Crippen LogP contribution in [-0.4, -0.2) is 26.5 Å².